The van der Waals surface area contributed by atoms with E-state index in [0.717, 1.165) is 5.56 Å². The maximum Gasteiger partial charge on any atom is 0.304 e. The number of rotatable bonds is 4. The fourth-order valence-corrected chi connectivity index (χ4v) is 1.93. The summed E-state index contributed by atoms with van der Waals surface area (Å²) in [6, 6.07) is 5.43. The summed E-state index contributed by atoms with van der Waals surface area (Å²) in [7, 11) is 0. The van der Waals surface area contributed by atoms with Gasteiger partial charge in [-0.3, -0.25) is 4.79 Å². The number of aromatic hydroxyl groups is 1. The van der Waals surface area contributed by atoms with Crippen LogP contribution in [0, 0.1) is 0 Å². The average molecular weight is 236 g/mol. The van der Waals surface area contributed by atoms with Crippen LogP contribution >= 0.6 is 0 Å². The van der Waals surface area contributed by atoms with Gasteiger partial charge < -0.3 is 10.2 Å². The standard InChI is InChI=1S/C14H20O3/c1-9(2)10-5-6-12(15)11(7-10)14(3,4)8-13(16)17/h5-7,9,15H,8H2,1-4H3,(H,16,17). The third-order valence-corrected chi connectivity index (χ3v) is 3.01. The lowest BCUT2D eigenvalue weighted by Crippen LogP contribution is -2.22. The highest BCUT2D eigenvalue weighted by Gasteiger charge is 2.27. The Kier molecular flexibility index (Phi) is 3.81. The number of carboxylic acids is 1. The maximum absolute atomic E-state index is 10.8. The molecule has 0 spiro atoms. The zero-order valence-corrected chi connectivity index (χ0v) is 10.8. The maximum atomic E-state index is 10.8. The smallest absolute Gasteiger partial charge is 0.304 e. The van der Waals surface area contributed by atoms with E-state index >= 15 is 0 Å². The highest BCUT2D eigenvalue weighted by atomic mass is 16.4. The summed E-state index contributed by atoms with van der Waals surface area (Å²) in [4.78, 5) is 10.8. The molecule has 17 heavy (non-hydrogen) atoms. The molecule has 94 valence electrons. The molecular weight excluding hydrogens is 216 g/mol. The minimum Gasteiger partial charge on any atom is -0.508 e. The average Bonchev–Trinajstić information content (AvgIpc) is 2.15. The van der Waals surface area contributed by atoms with E-state index in [1.165, 1.54) is 0 Å². The molecule has 1 aromatic rings. The molecule has 0 unspecified atom stereocenters. The molecule has 0 saturated carbocycles. The van der Waals surface area contributed by atoms with Crippen LogP contribution in [0.4, 0.5) is 0 Å². The van der Waals surface area contributed by atoms with Crippen LogP contribution in [0.15, 0.2) is 18.2 Å². The van der Waals surface area contributed by atoms with Crippen LogP contribution in [0.1, 0.15) is 51.2 Å². The predicted molar refractivity (Wildman–Crippen MR) is 67.5 cm³/mol. The van der Waals surface area contributed by atoms with E-state index in [0.29, 0.717) is 11.5 Å². The van der Waals surface area contributed by atoms with Crippen LogP contribution in [0.25, 0.3) is 0 Å². The molecule has 0 aliphatic heterocycles. The minimum absolute atomic E-state index is 0.00209. The van der Waals surface area contributed by atoms with Crippen molar-refractivity contribution in [1.82, 2.24) is 0 Å². The normalized spacial score (nSPS) is 11.8. The summed E-state index contributed by atoms with van der Waals surface area (Å²) in [6.07, 6.45) is 0.00209. The molecule has 0 fully saturated rings. The molecule has 0 aromatic heterocycles. The molecule has 0 aliphatic carbocycles. The molecule has 0 heterocycles. The van der Waals surface area contributed by atoms with Crippen LogP contribution in [0.2, 0.25) is 0 Å². The largest absolute Gasteiger partial charge is 0.508 e. The zero-order chi connectivity index (χ0) is 13.2. The van der Waals surface area contributed by atoms with Crippen LogP contribution in [0.3, 0.4) is 0 Å². The Hall–Kier alpha value is -1.51. The summed E-state index contributed by atoms with van der Waals surface area (Å²) < 4.78 is 0. The second kappa shape index (κ2) is 4.78. The number of phenols is 1. The molecule has 0 amide bonds. The highest BCUT2D eigenvalue weighted by Crippen LogP contribution is 2.35. The molecule has 1 rings (SSSR count). The van der Waals surface area contributed by atoms with E-state index in [4.69, 9.17) is 5.11 Å². The van der Waals surface area contributed by atoms with Gasteiger partial charge in [0, 0.05) is 11.0 Å². The number of carbonyl (C=O) groups is 1. The van der Waals surface area contributed by atoms with Gasteiger partial charge in [-0.15, -0.1) is 0 Å². The third kappa shape index (κ3) is 3.22. The number of phenolic OH excluding ortho intramolecular Hbond substituents is 1. The Balaban J connectivity index is 3.19. The summed E-state index contributed by atoms with van der Waals surface area (Å²) in [5, 5.41) is 18.8. The topological polar surface area (TPSA) is 57.5 Å². The second-order valence-corrected chi connectivity index (χ2v) is 5.39. The summed E-state index contributed by atoms with van der Waals surface area (Å²) >= 11 is 0. The molecule has 0 radical (unpaired) electrons. The van der Waals surface area contributed by atoms with E-state index in [2.05, 4.69) is 13.8 Å². The molecular formula is C14H20O3. The van der Waals surface area contributed by atoms with Gasteiger partial charge >= 0.3 is 5.97 Å². The number of benzene rings is 1. The first-order chi connectivity index (χ1) is 7.74. The van der Waals surface area contributed by atoms with E-state index in [9.17, 15) is 9.90 Å². The molecule has 0 bridgehead atoms. The monoisotopic (exact) mass is 236 g/mol. The van der Waals surface area contributed by atoms with Crippen molar-refractivity contribution in [3.05, 3.63) is 29.3 Å². The number of hydrogen-bond acceptors (Lipinski definition) is 2. The van der Waals surface area contributed by atoms with Crippen molar-refractivity contribution in [3.63, 3.8) is 0 Å². The first-order valence-electron chi connectivity index (χ1n) is 5.79. The third-order valence-electron chi connectivity index (χ3n) is 3.01. The number of aliphatic carboxylic acids is 1. The van der Waals surface area contributed by atoms with Crippen LogP contribution < -0.4 is 0 Å². The lowest BCUT2D eigenvalue weighted by molar-refractivity contribution is -0.138. The van der Waals surface area contributed by atoms with Gasteiger partial charge in [0.05, 0.1) is 6.42 Å². The van der Waals surface area contributed by atoms with E-state index in [-0.39, 0.29) is 12.2 Å². The van der Waals surface area contributed by atoms with Gasteiger partial charge in [-0.25, -0.2) is 0 Å². The Labute approximate surface area is 102 Å². The molecule has 3 heteroatoms. The van der Waals surface area contributed by atoms with E-state index in [1.54, 1.807) is 6.07 Å². The molecule has 2 N–H and O–H groups in total. The van der Waals surface area contributed by atoms with Crippen molar-refractivity contribution in [2.75, 3.05) is 0 Å². The molecule has 0 aliphatic rings. The first kappa shape index (κ1) is 13.6. The van der Waals surface area contributed by atoms with Crippen molar-refractivity contribution >= 4 is 5.97 Å². The SMILES string of the molecule is CC(C)c1ccc(O)c(C(C)(C)CC(=O)O)c1. The van der Waals surface area contributed by atoms with Gasteiger partial charge in [0.15, 0.2) is 0 Å². The summed E-state index contributed by atoms with van der Waals surface area (Å²) in [6.45, 7) is 7.81. The minimum atomic E-state index is -0.857. The molecule has 1 aromatic carbocycles. The first-order valence-corrected chi connectivity index (χ1v) is 5.79. The lowest BCUT2D eigenvalue weighted by Gasteiger charge is -2.25. The fraction of sp³-hybridized carbons (Fsp3) is 0.500. The summed E-state index contributed by atoms with van der Waals surface area (Å²) in [5.41, 5.74) is 1.24. The Morgan fingerprint density at radius 1 is 1.35 bits per heavy atom. The zero-order valence-electron chi connectivity index (χ0n) is 10.8. The summed E-state index contributed by atoms with van der Waals surface area (Å²) in [5.74, 6) is -0.333. The number of carboxylic acid groups (broad SMARTS) is 1. The quantitative estimate of drug-likeness (QED) is 0.843. The Morgan fingerprint density at radius 3 is 2.41 bits per heavy atom. The van der Waals surface area contributed by atoms with Gasteiger partial charge in [-0.1, -0.05) is 39.8 Å². The Morgan fingerprint density at radius 2 is 1.94 bits per heavy atom. The molecule has 3 nitrogen and oxygen atoms in total. The van der Waals surface area contributed by atoms with Crippen LogP contribution in [-0.4, -0.2) is 16.2 Å². The van der Waals surface area contributed by atoms with Gasteiger partial charge in [0.25, 0.3) is 0 Å². The van der Waals surface area contributed by atoms with Crippen molar-refractivity contribution < 1.29 is 15.0 Å². The Bertz CT molecular complexity index is 419. The van der Waals surface area contributed by atoms with Gasteiger partial charge in [0.2, 0.25) is 0 Å². The van der Waals surface area contributed by atoms with E-state index in [1.807, 2.05) is 26.0 Å². The van der Waals surface area contributed by atoms with Gasteiger partial charge in [0.1, 0.15) is 5.75 Å². The van der Waals surface area contributed by atoms with Gasteiger partial charge in [-0.2, -0.15) is 0 Å². The van der Waals surface area contributed by atoms with Crippen LogP contribution in [0.5, 0.6) is 5.75 Å². The number of hydrogen-bond donors (Lipinski definition) is 2. The second-order valence-electron chi connectivity index (χ2n) is 5.39. The molecule has 0 saturated heterocycles. The van der Waals surface area contributed by atoms with Gasteiger partial charge in [-0.05, 0) is 17.5 Å². The fourth-order valence-electron chi connectivity index (χ4n) is 1.93. The predicted octanol–water partition coefficient (Wildman–Crippen LogP) is 3.27. The van der Waals surface area contributed by atoms with E-state index < -0.39 is 11.4 Å². The lowest BCUT2D eigenvalue weighted by atomic mass is 9.79. The van der Waals surface area contributed by atoms with Crippen molar-refractivity contribution in [2.45, 2.75) is 45.4 Å². The highest BCUT2D eigenvalue weighted by molar-refractivity contribution is 5.69. The van der Waals surface area contributed by atoms with Crippen LogP contribution in [-0.2, 0) is 10.2 Å². The van der Waals surface area contributed by atoms with Crippen molar-refractivity contribution in [2.24, 2.45) is 0 Å². The van der Waals surface area contributed by atoms with Crippen molar-refractivity contribution in [3.8, 4) is 5.75 Å². The molecule has 0 atom stereocenters. The van der Waals surface area contributed by atoms with Crippen molar-refractivity contribution in [1.29, 1.82) is 0 Å².